The fraction of sp³-hybridized carbons (Fsp3) is 0.0345. The summed E-state index contributed by atoms with van der Waals surface area (Å²) in [7, 11) is 0. The summed E-state index contributed by atoms with van der Waals surface area (Å²) in [6.45, 7) is 0. The van der Waals surface area contributed by atoms with Crippen LogP contribution in [0.25, 0.3) is 52.8 Å². The number of para-hydroxylation sites is 1. The first-order chi connectivity index (χ1) is 16.3. The van der Waals surface area contributed by atoms with Crippen molar-refractivity contribution in [1.29, 1.82) is 0 Å². The van der Waals surface area contributed by atoms with Crippen LogP contribution in [-0.4, -0.2) is 4.57 Å². The van der Waals surface area contributed by atoms with Crippen molar-refractivity contribution in [3.63, 3.8) is 0 Å². The highest BCUT2D eigenvalue weighted by molar-refractivity contribution is 7.25. The zero-order chi connectivity index (χ0) is 21.5. The lowest BCUT2D eigenvalue weighted by Gasteiger charge is -2.16. The first-order valence-corrected chi connectivity index (χ1v) is 12.0. The summed E-state index contributed by atoms with van der Waals surface area (Å²) in [5.41, 5.74) is 3.38. The Labute approximate surface area is 193 Å². The number of nitrogens with zero attached hydrogens (tertiary/aromatic N) is 1. The van der Waals surface area contributed by atoms with E-state index in [9.17, 15) is 0 Å². The van der Waals surface area contributed by atoms with Gasteiger partial charge in [-0.1, -0.05) is 60.7 Å². The molecule has 3 heterocycles. The third-order valence-electron chi connectivity index (χ3n) is 6.82. The molecule has 0 radical (unpaired) electrons. The van der Waals surface area contributed by atoms with E-state index < -0.39 is 0 Å². The highest BCUT2D eigenvalue weighted by atomic mass is 32.1. The number of hydrogen-bond donors (Lipinski definition) is 1. The van der Waals surface area contributed by atoms with E-state index in [0.29, 0.717) is 0 Å². The number of thiophene rings is 1. The Morgan fingerprint density at radius 3 is 2.33 bits per heavy atom. The number of benzene rings is 5. The fourth-order valence-electron chi connectivity index (χ4n) is 5.35. The Hall–Kier alpha value is -4.02. The number of fused-ring (bicyclic) bond motifs is 9. The van der Waals surface area contributed by atoms with Gasteiger partial charge in [0, 0.05) is 30.9 Å². The van der Waals surface area contributed by atoms with Gasteiger partial charge in [0.1, 0.15) is 0 Å². The number of hydrogen-bond acceptors (Lipinski definition) is 3. The molecule has 0 fully saturated rings. The third-order valence-corrected chi connectivity index (χ3v) is 7.95. The van der Waals surface area contributed by atoms with E-state index in [4.69, 9.17) is 4.74 Å². The predicted octanol–water partition coefficient (Wildman–Crippen LogP) is 8.28. The molecule has 0 saturated heterocycles. The van der Waals surface area contributed by atoms with Crippen LogP contribution in [0.1, 0.15) is 6.35 Å². The van der Waals surface area contributed by atoms with Gasteiger partial charge in [-0.25, -0.2) is 0 Å². The average molecular weight is 443 g/mol. The van der Waals surface area contributed by atoms with Gasteiger partial charge in [0.15, 0.2) is 5.75 Å². The van der Waals surface area contributed by atoms with Crippen molar-refractivity contribution in [2.75, 3.05) is 5.32 Å². The third kappa shape index (κ3) is 2.33. The highest BCUT2D eigenvalue weighted by Gasteiger charge is 2.29. The molecule has 33 heavy (non-hydrogen) atoms. The zero-order valence-electron chi connectivity index (χ0n) is 17.6. The highest BCUT2D eigenvalue weighted by Crippen LogP contribution is 2.48. The van der Waals surface area contributed by atoms with Gasteiger partial charge in [-0.2, -0.15) is 0 Å². The van der Waals surface area contributed by atoms with Gasteiger partial charge in [-0.05, 0) is 47.2 Å². The number of aromatic nitrogens is 1. The van der Waals surface area contributed by atoms with Gasteiger partial charge < -0.3 is 10.1 Å². The number of ether oxygens (including phenoxy) is 1. The smallest absolute Gasteiger partial charge is 0.255 e. The summed E-state index contributed by atoms with van der Waals surface area (Å²) in [4.78, 5) is 0. The van der Waals surface area contributed by atoms with E-state index in [0.717, 1.165) is 11.4 Å². The van der Waals surface area contributed by atoms with Crippen LogP contribution in [0.3, 0.4) is 0 Å². The van der Waals surface area contributed by atoms with Crippen molar-refractivity contribution in [2.45, 2.75) is 6.35 Å². The number of nitrogens with one attached hydrogen (secondary N) is 1. The lowest BCUT2D eigenvalue weighted by atomic mass is 10.1. The number of rotatable bonds is 1. The van der Waals surface area contributed by atoms with Crippen molar-refractivity contribution in [1.82, 2.24) is 4.57 Å². The topological polar surface area (TPSA) is 26.2 Å². The van der Waals surface area contributed by atoms with E-state index in [1.165, 1.54) is 52.8 Å². The molecule has 156 valence electrons. The minimum absolute atomic E-state index is 0.312. The van der Waals surface area contributed by atoms with Crippen LogP contribution in [-0.2, 0) is 0 Å². The molecule has 0 spiro atoms. The molecule has 1 unspecified atom stereocenters. The van der Waals surface area contributed by atoms with Gasteiger partial charge in [0.2, 0.25) is 0 Å². The minimum Gasteiger partial charge on any atom is -0.449 e. The van der Waals surface area contributed by atoms with Crippen LogP contribution in [0.2, 0.25) is 0 Å². The lowest BCUT2D eigenvalue weighted by molar-refractivity contribution is 0.195. The molecule has 0 amide bonds. The van der Waals surface area contributed by atoms with Gasteiger partial charge in [-0.3, -0.25) is 4.57 Å². The molecular formula is C29H18N2OS. The van der Waals surface area contributed by atoms with Gasteiger partial charge >= 0.3 is 0 Å². The SMILES string of the molecule is c1ccc2cc3c(cc2c1)c1ccccc1n3C1Nc2ccc3sc4ccccc4c3c2O1. The van der Waals surface area contributed by atoms with Crippen LogP contribution in [0, 0.1) is 0 Å². The van der Waals surface area contributed by atoms with E-state index in [1.807, 2.05) is 11.3 Å². The quantitative estimate of drug-likeness (QED) is 0.277. The van der Waals surface area contributed by atoms with E-state index in [-0.39, 0.29) is 6.35 Å². The predicted molar refractivity (Wildman–Crippen MR) is 140 cm³/mol. The van der Waals surface area contributed by atoms with Gasteiger partial charge in [-0.15, -0.1) is 11.3 Å². The molecule has 1 N–H and O–H groups in total. The second-order valence-corrected chi connectivity index (χ2v) is 9.72. The monoisotopic (exact) mass is 442 g/mol. The summed E-state index contributed by atoms with van der Waals surface area (Å²) in [6, 6.07) is 34.7. The van der Waals surface area contributed by atoms with Crippen LogP contribution < -0.4 is 10.1 Å². The first kappa shape index (κ1) is 17.5. The maximum Gasteiger partial charge on any atom is 0.255 e. The van der Waals surface area contributed by atoms with Gasteiger partial charge in [0.25, 0.3) is 6.35 Å². The Bertz CT molecular complexity index is 1900. The summed E-state index contributed by atoms with van der Waals surface area (Å²) in [5, 5.41) is 11.1. The summed E-state index contributed by atoms with van der Waals surface area (Å²) >= 11 is 1.82. The molecule has 0 saturated carbocycles. The van der Waals surface area contributed by atoms with Crippen molar-refractivity contribution < 1.29 is 4.74 Å². The molecule has 1 aliphatic heterocycles. The molecule has 1 atom stereocenters. The molecule has 0 aliphatic carbocycles. The summed E-state index contributed by atoms with van der Waals surface area (Å²) < 4.78 is 11.6. The fourth-order valence-corrected chi connectivity index (χ4v) is 6.45. The van der Waals surface area contributed by atoms with Crippen molar-refractivity contribution in [2.24, 2.45) is 0 Å². The molecule has 1 aliphatic rings. The maximum absolute atomic E-state index is 6.72. The standard InChI is InChI=1S/C29H18N2OS/c1-2-8-18-16-24-21(15-17(18)7-1)19-9-3-5-11-23(19)31(24)29-30-22-13-14-26-27(28(22)32-29)20-10-4-6-12-25(20)33-26/h1-16,29-30H. The Morgan fingerprint density at radius 2 is 1.42 bits per heavy atom. The second-order valence-electron chi connectivity index (χ2n) is 8.63. The molecule has 0 bridgehead atoms. The number of anilines is 1. The summed E-state index contributed by atoms with van der Waals surface area (Å²) in [5.74, 6) is 0.946. The molecule has 7 aromatic rings. The normalized spacial score (nSPS) is 15.5. The Kier molecular flexibility index (Phi) is 3.33. The Morgan fingerprint density at radius 1 is 0.667 bits per heavy atom. The van der Waals surface area contributed by atoms with E-state index in [1.54, 1.807) is 0 Å². The molecule has 4 heteroatoms. The average Bonchev–Trinajstić information content (AvgIpc) is 3.53. The zero-order valence-corrected chi connectivity index (χ0v) is 18.4. The molecule has 5 aromatic carbocycles. The second kappa shape index (κ2) is 6.27. The minimum atomic E-state index is -0.312. The van der Waals surface area contributed by atoms with Crippen LogP contribution in [0.15, 0.2) is 97.1 Å². The van der Waals surface area contributed by atoms with Crippen molar-refractivity contribution >= 4 is 69.8 Å². The summed E-state index contributed by atoms with van der Waals surface area (Å²) in [6.07, 6.45) is -0.312. The van der Waals surface area contributed by atoms with E-state index >= 15 is 0 Å². The largest absolute Gasteiger partial charge is 0.449 e. The molecule has 8 rings (SSSR count). The van der Waals surface area contributed by atoms with Gasteiger partial charge in [0.05, 0.1) is 16.7 Å². The first-order valence-electron chi connectivity index (χ1n) is 11.1. The van der Waals surface area contributed by atoms with Crippen molar-refractivity contribution in [3.8, 4) is 5.75 Å². The molecular weight excluding hydrogens is 424 g/mol. The Balaban J connectivity index is 1.39. The van der Waals surface area contributed by atoms with Crippen LogP contribution >= 0.6 is 11.3 Å². The van der Waals surface area contributed by atoms with Crippen molar-refractivity contribution in [3.05, 3.63) is 97.1 Å². The van der Waals surface area contributed by atoms with E-state index in [2.05, 4.69) is 107 Å². The maximum atomic E-state index is 6.72. The lowest BCUT2D eigenvalue weighted by Crippen LogP contribution is -2.18. The van der Waals surface area contributed by atoms with Crippen LogP contribution in [0.5, 0.6) is 5.75 Å². The molecule has 2 aromatic heterocycles. The van der Waals surface area contributed by atoms with Crippen LogP contribution in [0.4, 0.5) is 5.69 Å². The molecule has 3 nitrogen and oxygen atoms in total.